The smallest absolute Gasteiger partial charge is 0.333 e. The molecule has 0 spiro atoms. The van der Waals surface area contributed by atoms with Gasteiger partial charge >= 0.3 is 6.57 Å². The zero-order valence-corrected chi connectivity index (χ0v) is 17.2. The van der Waals surface area contributed by atoms with E-state index in [-0.39, 0.29) is 0 Å². The fourth-order valence-electron chi connectivity index (χ4n) is 2.91. The van der Waals surface area contributed by atoms with E-state index in [4.69, 9.17) is 21.2 Å². The number of rotatable bonds is 5. The van der Waals surface area contributed by atoms with Gasteiger partial charge in [0.1, 0.15) is 16.9 Å². The molecule has 1 unspecified atom stereocenters. The van der Waals surface area contributed by atoms with Gasteiger partial charge in [0, 0.05) is 16.5 Å². The highest BCUT2D eigenvalue weighted by Crippen LogP contribution is 2.58. The van der Waals surface area contributed by atoms with Crippen molar-refractivity contribution in [3.63, 3.8) is 0 Å². The number of para-hydroxylation sites is 1. The molecule has 0 aliphatic rings. The molecular weight excluding hydrogens is 395 g/mol. The molecule has 1 aromatic heterocycles. The van der Waals surface area contributed by atoms with Crippen molar-refractivity contribution in [2.45, 2.75) is 6.92 Å². The van der Waals surface area contributed by atoms with Crippen LogP contribution in [0.25, 0.3) is 21.9 Å². The highest BCUT2D eigenvalue weighted by Gasteiger charge is 2.27. The lowest BCUT2D eigenvalue weighted by Gasteiger charge is -2.18. The van der Waals surface area contributed by atoms with Crippen LogP contribution >= 0.6 is 30.2 Å². The summed E-state index contributed by atoms with van der Waals surface area (Å²) in [5, 5.41) is 2.35. The molecule has 0 amide bonds. The minimum absolute atomic E-state index is 0.521. The van der Waals surface area contributed by atoms with Crippen LogP contribution in [0.4, 0.5) is 0 Å². The molecule has 1 heterocycles. The molecule has 0 bridgehead atoms. The van der Waals surface area contributed by atoms with E-state index in [9.17, 15) is 4.57 Å². The van der Waals surface area contributed by atoms with Crippen LogP contribution in [0.3, 0.4) is 0 Å². The van der Waals surface area contributed by atoms with Crippen molar-refractivity contribution < 1.29 is 13.5 Å². The standard InChI is InChI=1S/C21H17O3PS2/c1-2-27-25(22,16-8-4-3-5-9-16)24-15-12-13-20-18(14-15)21(26)17-10-6-7-11-19(17)23-20/h3-14H,2H2,1H3. The van der Waals surface area contributed by atoms with Crippen LogP contribution in [-0.2, 0) is 4.57 Å². The fourth-order valence-corrected chi connectivity index (χ4v) is 7.06. The van der Waals surface area contributed by atoms with Gasteiger partial charge in [-0.15, -0.1) is 0 Å². The zero-order valence-electron chi connectivity index (χ0n) is 14.6. The first-order chi connectivity index (χ1) is 13.1. The Hall–Kier alpha value is -2.07. The van der Waals surface area contributed by atoms with Crippen molar-refractivity contribution in [2.75, 3.05) is 5.75 Å². The van der Waals surface area contributed by atoms with E-state index in [0.29, 0.717) is 26.9 Å². The highest BCUT2D eigenvalue weighted by atomic mass is 32.7. The lowest BCUT2D eigenvalue weighted by Crippen LogP contribution is -2.07. The summed E-state index contributed by atoms with van der Waals surface area (Å²) in [6.45, 7) is -1.11. The van der Waals surface area contributed by atoms with Crippen LogP contribution in [0.1, 0.15) is 6.92 Å². The molecule has 0 aliphatic carbocycles. The molecule has 0 N–H and O–H groups in total. The van der Waals surface area contributed by atoms with Gasteiger partial charge in [-0.05, 0) is 42.5 Å². The van der Waals surface area contributed by atoms with E-state index < -0.39 is 6.57 Å². The normalized spacial score (nSPS) is 13.5. The summed E-state index contributed by atoms with van der Waals surface area (Å²) >= 11 is 6.97. The summed E-state index contributed by atoms with van der Waals surface area (Å²) in [4.78, 5) is 0. The summed E-state index contributed by atoms with van der Waals surface area (Å²) in [7, 11) is 0. The molecule has 6 heteroatoms. The van der Waals surface area contributed by atoms with E-state index in [1.807, 2.05) is 73.7 Å². The van der Waals surface area contributed by atoms with Crippen molar-refractivity contribution in [1.82, 2.24) is 0 Å². The van der Waals surface area contributed by atoms with E-state index in [1.54, 1.807) is 6.07 Å². The molecule has 1 atom stereocenters. The maximum absolute atomic E-state index is 13.5. The van der Waals surface area contributed by atoms with E-state index in [2.05, 4.69) is 0 Å². The Morgan fingerprint density at radius 2 is 1.67 bits per heavy atom. The first-order valence-corrected chi connectivity index (χ1v) is 12.2. The summed E-state index contributed by atoms with van der Waals surface area (Å²) in [6.07, 6.45) is 0. The van der Waals surface area contributed by atoms with Gasteiger partial charge in [-0.25, -0.2) is 0 Å². The largest absolute Gasteiger partial charge is 0.456 e. The molecule has 0 aliphatic heterocycles. The first kappa shape index (κ1) is 18.3. The topological polar surface area (TPSA) is 39.4 Å². The predicted octanol–water partition coefficient (Wildman–Crippen LogP) is 6.97. The maximum Gasteiger partial charge on any atom is 0.333 e. The molecule has 3 nitrogen and oxygen atoms in total. The molecule has 3 aromatic carbocycles. The molecular formula is C21H17O3PS2. The van der Waals surface area contributed by atoms with E-state index in [0.717, 1.165) is 16.4 Å². The second-order valence-electron chi connectivity index (χ2n) is 5.93. The predicted molar refractivity (Wildman–Crippen MR) is 117 cm³/mol. The summed E-state index contributed by atoms with van der Waals surface area (Å²) in [6, 6.07) is 22.4. The van der Waals surface area contributed by atoms with Gasteiger partial charge in [0.05, 0.1) is 9.81 Å². The van der Waals surface area contributed by atoms with Gasteiger partial charge in [-0.1, -0.05) is 60.9 Å². The molecule has 0 radical (unpaired) electrons. The Bertz CT molecular complexity index is 1220. The monoisotopic (exact) mass is 412 g/mol. The third-order valence-electron chi connectivity index (χ3n) is 4.14. The molecule has 4 aromatic rings. The first-order valence-electron chi connectivity index (χ1n) is 8.56. The fraction of sp³-hybridized carbons (Fsp3) is 0.0952. The second-order valence-corrected chi connectivity index (χ2v) is 11.1. The average molecular weight is 412 g/mol. The molecule has 4 rings (SSSR count). The Morgan fingerprint density at radius 1 is 0.963 bits per heavy atom. The van der Waals surface area contributed by atoms with Crippen molar-refractivity contribution in [2.24, 2.45) is 0 Å². The third-order valence-corrected chi connectivity index (χ3v) is 9.21. The average Bonchev–Trinajstić information content (AvgIpc) is 2.70. The van der Waals surface area contributed by atoms with Gasteiger partial charge < -0.3 is 8.94 Å². The minimum Gasteiger partial charge on any atom is -0.456 e. The number of hydrogen-bond donors (Lipinski definition) is 0. The molecule has 136 valence electrons. The Morgan fingerprint density at radius 3 is 2.44 bits per heavy atom. The van der Waals surface area contributed by atoms with Gasteiger partial charge in [-0.2, -0.15) is 0 Å². The Kier molecular flexibility index (Phi) is 5.09. The zero-order chi connectivity index (χ0) is 18.9. The minimum atomic E-state index is -3.08. The van der Waals surface area contributed by atoms with Crippen molar-refractivity contribution >= 4 is 57.4 Å². The number of benzene rings is 3. The van der Waals surface area contributed by atoms with Crippen molar-refractivity contribution in [1.29, 1.82) is 0 Å². The van der Waals surface area contributed by atoms with Crippen LogP contribution in [-0.4, -0.2) is 5.75 Å². The van der Waals surface area contributed by atoms with Crippen LogP contribution in [0.2, 0.25) is 0 Å². The van der Waals surface area contributed by atoms with Gasteiger partial charge in [0.25, 0.3) is 0 Å². The molecule has 0 saturated carbocycles. The molecule has 27 heavy (non-hydrogen) atoms. The van der Waals surface area contributed by atoms with Crippen LogP contribution in [0.5, 0.6) is 5.75 Å². The lowest BCUT2D eigenvalue weighted by molar-refractivity contribution is 0.509. The lowest BCUT2D eigenvalue weighted by atomic mass is 10.1. The second kappa shape index (κ2) is 7.51. The quantitative estimate of drug-likeness (QED) is 0.201. The van der Waals surface area contributed by atoms with Gasteiger partial charge in [0.2, 0.25) is 0 Å². The van der Waals surface area contributed by atoms with Crippen molar-refractivity contribution in [3.05, 3.63) is 77.3 Å². The number of fused-ring (bicyclic) bond motifs is 2. The summed E-state index contributed by atoms with van der Waals surface area (Å²) in [5.74, 6) is 1.21. The van der Waals surface area contributed by atoms with Gasteiger partial charge in [-0.3, -0.25) is 4.57 Å². The molecule has 0 saturated heterocycles. The molecule has 0 fully saturated rings. The van der Waals surface area contributed by atoms with Crippen LogP contribution in [0, 0.1) is 4.51 Å². The Balaban J connectivity index is 1.81. The SMILES string of the molecule is CCSP(=O)(Oc1ccc2oc3ccccc3c(=S)c2c1)c1ccccc1. The number of hydrogen-bond acceptors (Lipinski definition) is 5. The third kappa shape index (κ3) is 3.55. The van der Waals surface area contributed by atoms with E-state index in [1.165, 1.54) is 11.4 Å². The van der Waals surface area contributed by atoms with E-state index >= 15 is 0 Å². The van der Waals surface area contributed by atoms with Gasteiger partial charge in [0.15, 0.2) is 0 Å². The summed E-state index contributed by atoms with van der Waals surface area (Å²) < 4.78 is 26.2. The summed E-state index contributed by atoms with van der Waals surface area (Å²) in [5.41, 5.74) is 1.43. The van der Waals surface area contributed by atoms with Crippen LogP contribution < -0.4 is 9.83 Å². The Labute approximate surface area is 166 Å². The van der Waals surface area contributed by atoms with Crippen LogP contribution in [0.15, 0.2) is 77.2 Å². The maximum atomic E-state index is 13.5. The highest BCUT2D eigenvalue weighted by molar-refractivity contribution is 8.58. The van der Waals surface area contributed by atoms with Crippen molar-refractivity contribution in [3.8, 4) is 5.75 Å².